The molecule has 1 aliphatic rings. The number of sulfone groups is 2. The van der Waals surface area contributed by atoms with Crippen LogP contribution in [-0.4, -0.2) is 52.5 Å². The monoisotopic (exact) mass is 579 g/mol. The number of nitrogens with one attached hydrogen (secondary N) is 2. The van der Waals surface area contributed by atoms with Crippen molar-refractivity contribution in [1.29, 1.82) is 5.26 Å². The summed E-state index contributed by atoms with van der Waals surface area (Å²) in [7, 11) is -8.09. The Hall–Kier alpha value is -3.09. The van der Waals surface area contributed by atoms with E-state index in [4.69, 9.17) is 0 Å². The molecule has 2 atom stereocenters. The molecule has 2 aromatic carbocycles. The Labute approximate surface area is 215 Å². The first-order valence-corrected chi connectivity index (χ1v) is 14.7. The van der Waals surface area contributed by atoms with Crippen LogP contribution in [0.15, 0.2) is 47.4 Å². The summed E-state index contributed by atoms with van der Waals surface area (Å²) in [5.41, 5.74) is -2.43. The molecule has 3 rings (SSSR count). The number of nitriles is 1. The van der Waals surface area contributed by atoms with Crippen molar-refractivity contribution in [2.45, 2.75) is 47.3 Å². The molecule has 0 aliphatic heterocycles. The molecule has 15 heteroatoms. The van der Waals surface area contributed by atoms with Gasteiger partial charge in [0.1, 0.15) is 29.3 Å². The molecular formula is C23H22F5N3O5S2. The molecule has 8 nitrogen and oxygen atoms in total. The first-order chi connectivity index (χ1) is 17.4. The zero-order chi connectivity index (χ0) is 28.5. The smallest absolute Gasteiger partial charge is 0.336 e. The fourth-order valence-electron chi connectivity index (χ4n) is 3.64. The molecule has 1 fully saturated rings. The van der Waals surface area contributed by atoms with Gasteiger partial charge in [-0.3, -0.25) is 10.1 Å². The highest BCUT2D eigenvalue weighted by Gasteiger charge is 2.48. The molecule has 0 bridgehead atoms. The number of amides is 1. The van der Waals surface area contributed by atoms with E-state index in [0.29, 0.717) is 12.1 Å². The lowest BCUT2D eigenvalue weighted by molar-refractivity contribution is -0.161. The zero-order valence-corrected chi connectivity index (χ0v) is 21.4. The van der Waals surface area contributed by atoms with Gasteiger partial charge >= 0.3 is 6.18 Å². The molecule has 38 heavy (non-hydrogen) atoms. The molecule has 206 valence electrons. The number of halogens is 5. The van der Waals surface area contributed by atoms with Gasteiger partial charge in [0.05, 0.1) is 22.5 Å². The number of hydrogen-bond acceptors (Lipinski definition) is 7. The van der Waals surface area contributed by atoms with Crippen molar-refractivity contribution < 1.29 is 43.6 Å². The van der Waals surface area contributed by atoms with Gasteiger partial charge < -0.3 is 5.32 Å². The molecule has 0 aromatic heterocycles. The summed E-state index contributed by atoms with van der Waals surface area (Å²) < 4.78 is 119. The van der Waals surface area contributed by atoms with Crippen molar-refractivity contribution in [3.63, 3.8) is 0 Å². The van der Waals surface area contributed by atoms with Crippen LogP contribution in [0, 0.1) is 23.0 Å². The summed E-state index contributed by atoms with van der Waals surface area (Å²) in [6.45, 7) is 0. The summed E-state index contributed by atoms with van der Waals surface area (Å²) >= 11 is 0. The van der Waals surface area contributed by atoms with E-state index in [1.165, 1.54) is 18.2 Å². The van der Waals surface area contributed by atoms with E-state index >= 15 is 0 Å². The minimum absolute atomic E-state index is 0.000258. The Balaban J connectivity index is 1.95. The average Bonchev–Trinajstić information content (AvgIpc) is 3.55. The number of carbonyl (C=O) groups is 1. The quantitative estimate of drug-likeness (QED) is 0.414. The van der Waals surface area contributed by atoms with E-state index in [9.17, 15) is 48.8 Å². The van der Waals surface area contributed by atoms with E-state index in [0.717, 1.165) is 12.3 Å². The molecule has 1 aliphatic carbocycles. The molecule has 2 N–H and O–H groups in total. The summed E-state index contributed by atoms with van der Waals surface area (Å²) in [6.07, 6.45) is -3.94. The highest BCUT2D eigenvalue weighted by molar-refractivity contribution is 7.91. The summed E-state index contributed by atoms with van der Waals surface area (Å²) in [5.74, 6) is -6.00. The lowest BCUT2D eigenvalue weighted by Crippen LogP contribution is -2.54. The minimum atomic E-state index is -5.24. The van der Waals surface area contributed by atoms with Gasteiger partial charge in [-0.1, -0.05) is 18.2 Å². The third-order valence-electron chi connectivity index (χ3n) is 5.75. The van der Waals surface area contributed by atoms with Gasteiger partial charge in [0.25, 0.3) is 0 Å². The first kappa shape index (κ1) is 29.5. The predicted molar refractivity (Wildman–Crippen MR) is 125 cm³/mol. The van der Waals surface area contributed by atoms with Crippen LogP contribution in [0.1, 0.15) is 30.0 Å². The van der Waals surface area contributed by atoms with Gasteiger partial charge in [-0.05, 0) is 36.6 Å². The highest BCUT2D eigenvalue weighted by atomic mass is 32.2. The van der Waals surface area contributed by atoms with Crippen LogP contribution in [0.5, 0.6) is 0 Å². The van der Waals surface area contributed by atoms with Crippen molar-refractivity contribution in [2.24, 2.45) is 0 Å². The SMILES string of the molecule is CS(=O)(=O)c1cccc(CS(=O)(=O)C[C@H](N[C@@H](c2ccc(F)cc2F)C(F)(F)F)C(=O)NC2(C#N)CC2)c1. The fourth-order valence-corrected chi connectivity index (χ4v) is 5.89. The van der Waals surface area contributed by atoms with Gasteiger partial charge in [-0.15, -0.1) is 0 Å². The van der Waals surface area contributed by atoms with E-state index in [1.54, 1.807) is 6.07 Å². The van der Waals surface area contributed by atoms with Gasteiger partial charge in [-0.2, -0.15) is 18.4 Å². The Morgan fingerprint density at radius 3 is 2.29 bits per heavy atom. The maximum absolute atomic E-state index is 14.3. The van der Waals surface area contributed by atoms with Crippen LogP contribution < -0.4 is 10.6 Å². The van der Waals surface area contributed by atoms with Crippen LogP contribution in [0.25, 0.3) is 0 Å². The van der Waals surface area contributed by atoms with Gasteiger partial charge in [-0.25, -0.2) is 25.6 Å². The number of benzene rings is 2. The second kappa shape index (κ2) is 10.6. The lowest BCUT2D eigenvalue weighted by atomic mass is 10.0. The van der Waals surface area contributed by atoms with Crippen LogP contribution in [0.2, 0.25) is 0 Å². The molecule has 0 heterocycles. The van der Waals surface area contributed by atoms with E-state index in [-0.39, 0.29) is 29.4 Å². The van der Waals surface area contributed by atoms with Gasteiger partial charge in [0, 0.05) is 17.9 Å². The van der Waals surface area contributed by atoms with Crippen molar-refractivity contribution in [2.75, 3.05) is 12.0 Å². The molecule has 0 radical (unpaired) electrons. The number of hydrogen-bond donors (Lipinski definition) is 2. The van der Waals surface area contributed by atoms with Crippen LogP contribution in [-0.2, 0) is 30.2 Å². The number of nitrogens with zero attached hydrogens (tertiary/aromatic N) is 1. The number of carbonyl (C=O) groups excluding carboxylic acids is 1. The average molecular weight is 580 g/mol. The first-order valence-electron chi connectivity index (χ1n) is 11.0. The topological polar surface area (TPSA) is 133 Å². The second-order valence-electron chi connectivity index (χ2n) is 9.02. The number of alkyl halides is 3. The molecule has 0 unspecified atom stereocenters. The Kier molecular flexibility index (Phi) is 8.21. The van der Waals surface area contributed by atoms with E-state index in [1.807, 2.05) is 5.32 Å². The van der Waals surface area contributed by atoms with Crippen LogP contribution in [0.4, 0.5) is 22.0 Å². The van der Waals surface area contributed by atoms with Crippen molar-refractivity contribution in [3.05, 3.63) is 65.2 Å². The third kappa shape index (κ3) is 7.49. The summed E-state index contributed by atoms with van der Waals surface area (Å²) in [6, 6.07) is 2.98. The van der Waals surface area contributed by atoms with Gasteiger partial charge in [0.15, 0.2) is 19.7 Å². The largest absolute Gasteiger partial charge is 0.408 e. The second-order valence-corrected chi connectivity index (χ2v) is 13.1. The van der Waals surface area contributed by atoms with Gasteiger partial charge in [0.2, 0.25) is 5.91 Å². The lowest BCUT2D eigenvalue weighted by Gasteiger charge is -2.28. The normalized spacial score (nSPS) is 16.8. The maximum Gasteiger partial charge on any atom is 0.408 e. The van der Waals surface area contributed by atoms with E-state index < -0.39 is 78.1 Å². The molecule has 1 saturated carbocycles. The zero-order valence-electron chi connectivity index (χ0n) is 19.7. The van der Waals surface area contributed by atoms with Crippen molar-refractivity contribution in [3.8, 4) is 6.07 Å². The Morgan fingerprint density at radius 2 is 1.76 bits per heavy atom. The third-order valence-corrected chi connectivity index (χ3v) is 8.47. The molecule has 2 aromatic rings. The maximum atomic E-state index is 14.3. The number of rotatable bonds is 10. The predicted octanol–water partition coefficient (Wildman–Crippen LogP) is 2.72. The molecule has 1 amide bonds. The summed E-state index contributed by atoms with van der Waals surface area (Å²) in [5, 5.41) is 13.3. The van der Waals surface area contributed by atoms with Crippen molar-refractivity contribution >= 4 is 25.6 Å². The minimum Gasteiger partial charge on any atom is -0.336 e. The fraction of sp³-hybridized carbons (Fsp3) is 0.391. The molecule has 0 saturated heterocycles. The standard InChI is InChI=1S/C23H22F5N3O5S2/c1-37(33,34)16-4-2-3-14(9-16)11-38(35,36)12-19(21(32)31-22(13-29)7-8-22)30-20(23(26,27)28)17-6-5-15(24)10-18(17)25/h2-6,9-10,19-20,30H,7-8,11-12H2,1H3,(H,31,32)/t19-,20-/m0/s1. The van der Waals surface area contributed by atoms with Crippen molar-refractivity contribution in [1.82, 2.24) is 10.6 Å². The summed E-state index contributed by atoms with van der Waals surface area (Å²) in [4.78, 5) is 12.7. The van der Waals surface area contributed by atoms with Crippen LogP contribution >= 0.6 is 0 Å². The highest BCUT2D eigenvalue weighted by Crippen LogP contribution is 2.36. The van der Waals surface area contributed by atoms with Crippen LogP contribution in [0.3, 0.4) is 0 Å². The Morgan fingerprint density at radius 1 is 1.11 bits per heavy atom. The Bertz CT molecular complexity index is 1480. The molecular weight excluding hydrogens is 557 g/mol. The van der Waals surface area contributed by atoms with E-state index in [2.05, 4.69) is 5.32 Å². The molecule has 0 spiro atoms.